The molecule has 0 radical (unpaired) electrons. The molecule has 1 heterocycles. The standard InChI is InChI=1S/C16H16N2O2/c1-12-9-14-10-15(18(19)20)7-8-16(14)17(12)11-13-5-3-2-4-6-13/h2-8,10,12H,9,11H2,1H3/t12-/m1/s1. The van der Waals surface area contributed by atoms with E-state index in [1.54, 1.807) is 12.1 Å². The fourth-order valence-electron chi connectivity index (χ4n) is 2.82. The summed E-state index contributed by atoms with van der Waals surface area (Å²) in [7, 11) is 0. The minimum absolute atomic E-state index is 0.178. The summed E-state index contributed by atoms with van der Waals surface area (Å²) < 4.78 is 0. The van der Waals surface area contributed by atoms with E-state index >= 15 is 0 Å². The summed E-state index contributed by atoms with van der Waals surface area (Å²) in [5.74, 6) is 0. The summed E-state index contributed by atoms with van der Waals surface area (Å²) in [6.45, 7) is 3.00. The van der Waals surface area contributed by atoms with Crippen LogP contribution in [0.15, 0.2) is 48.5 Å². The molecule has 2 aromatic carbocycles. The summed E-state index contributed by atoms with van der Waals surface area (Å²) in [6, 6.07) is 15.8. The Hall–Kier alpha value is -2.36. The normalized spacial score (nSPS) is 17.1. The van der Waals surface area contributed by atoms with Crippen molar-refractivity contribution >= 4 is 11.4 Å². The van der Waals surface area contributed by atoms with Gasteiger partial charge in [0.05, 0.1) is 4.92 Å². The molecule has 1 aliphatic rings. The second-order valence-corrected chi connectivity index (χ2v) is 5.24. The summed E-state index contributed by atoms with van der Waals surface area (Å²) in [6.07, 6.45) is 0.865. The minimum Gasteiger partial charge on any atom is -0.364 e. The summed E-state index contributed by atoms with van der Waals surface area (Å²) >= 11 is 0. The van der Waals surface area contributed by atoms with Crippen molar-refractivity contribution in [3.05, 3.63) is 69.8 Å². The van der Waals surface area contributed by atoms with Crippen molar-refractivity contribution in [1.82, 2.24) is 0 Å². The van der Waals surface area contributed by atoms with Crippen LogP contribution in [-0.4, -0.2) is 11.0 Å². The molecule has 0 fully saturated rings. The first-order valence-corrected chi connectivity index (χ1v) is 6.73. The van der Waals surface area contributed by atoms with E-state index in [0.29, 0.717) is 6.04 Å². The second-order valence-electron chi connectivity index (χ2n) is 5.24. The molecular weight excluding hydrogens is 252 g/mol. The van der Waals surface area contributed by atoms with Gasteiger partial charge in [0.1, 0.15) is 0 Å². The van der Waals surface area contributed by atoms with E-state index in [-0.39, 0.29) is 10.6 Å². The Kier molecular flexibility index (Phi) is 3.14. The number of benzene rings is 2. The number of nitro benzene ring substituents is 1. The van der Waals surface area contributed by atoms with Gasteiger partial charge in [-0.2, -0.15) is 0 Å². The van der Waals surface area contributed by atoms with Crippen LogP contribution in [0.3, 0.4) is 0 Å². The van der Waals surface area contributed by atoms with Gasteiger partial charge in [-0.1, -0.05) is 30.3 Å². The largest absolute Gasteiger partial charge is 0.364 e. The zero-order valence-electron chi connectivity index (χ0n) is 11.3. The molecule has 0 aromatic heterocycles. The Balaban J connectivity index is 1.90. The maximum absolute atomic E-state index is 10.8. The number of anilines is 1. The van der Waals surface area contributed by atoms with Crippen molar-refractivity contribution in [2.45, 2.75) is 25.9 Å². The maximum atomic E-state index is 10.8. The average Bonchev–Trinajstić information content (AvgIpc) is 2.75. The second kappa shape index (κ2) is 4.96. The lowest BCUT2D eigenvalue weighted by Gasteiger charge is -2.25. The molecule has 0 spiro atoms. The van der Waals surface area contributed by atoms with Gasteiger partial charge in [0.2, 0.25) is 0 Å². The molecule has 0 amide bonds. The van der Waals surface area contributed by atoms with E-state index in [1.165, 1.54) is 5.56 Å². The number of hydrogen-bond acceptors (Lipinski definition) is 3. The van der Waals surface area contributed by atoms with Gasteiger partial charge in [-0.25, -0.2) is 0 Å². The van der Waals surface area contributed by atoms with Crippen LogP contribution in [0.2, 0.25) is 0 Å². The summed E-state index contributed by atoms with van der Waals surface area (Å²) in [5.41, 5.74) is 3.62. The van der Waals surface area contributed by atoms with E-state index in [0.717, 1.165) is 24.2 Å². The van der Waals surface area contributed by atoms with Crippen LogP contribution in [0.5, 0.6) is 0 Å². The lowest BCUT2D eigenvalue weighted by molar-refractivity contribution is -0.384. The number of nitro groups is 1. The van der Waals surface area contributed by atoms with Crippen molar-refractivity contribution in [2.24, 2.45) is 0 Å². The zero-order valence-corrected chi connectivity index (χ0v) is 11.3. The Morgan fingerprint density at radius 3 is 2.70 bits per heavy atom. The number of non-ortho nitro benzene ring substituents is 1. The topological polar surface area (TPSA) is 46.4 Å². The molecule has 0 bridgehead atoms. The molecule has 1 atom stereocenters. The molecule has 4 nitrogen and oxygen atoms in total. The highest BCUT2D eigenvalue weighted by Gasteiger charge is 2.27. The molecule has 20 heavy (non-hydrogen) atoms. The number of hydrogen-bond donors (Lipinski definition) is 0. The smallest absolute Gasteiger partial charge is 0.269 e. The van der Waals surface area contributed by atoms with Gasteiger partial charge in [-0.3, -0.25) is 10.1 Å². The molecule has 0 saturated carbocycles. The maximum Gasteiger partial charge on any atom is 0.269 e. The molecule has 4 heteroatoms. The Morgan fingerprint density at radius 1 is 1.25 bits per heavy atom. The third-order valence-electron chi connectivity index (χ3n) is 3.83. The molecule has 0 saturated heterocycles. The van der Waals surface area contributed by atoms with Crippen LogP contribution in [-0.2, 0) is 13.0 Å². The Labute approximate surface area is 117 Å². The Morgan fingerprint density at radius 2 is 2.00 bits per heavy atom. The predicted octanol–water partition coefficient (Wildman–Crippen LogP) is 3.55. The number of nitrogens with zero attached hydrogens (tertiary/aromatic N) is 2. The van der Waals surface area contributed by atoms with E-state index in [1.807, 2.05) is 24.3 Å². The highest BCUT2D eigenvalue weighted by molar-refractivity contribution is 5.62. The fraction of sp³-hybridized carbons (Fsp3) is 0.250. The molecule has 0 N–H and O–H groups in total. The van der Waals surface area contributed by atoms with Crippen LogP contribution in [0.4, 0.5) is 11.4 Å². The van der Waals surface area contributed by atoms with E-state index in [2.05, 4.69) is 24.0 Å². The summed E-state index contributed by atoms with van der Waals surface area (Å²) in [4.78, 5) is 12.8. The van der Waals surface area contributed by atoms with E-state index in [4.69, 9.17) is 0 Å². The van der Waals surface area contributed by atoms with Gasteiger partial charge in [0.25, 0.3) is 5.69 Å². The molecule has 3 rings (SSSR count). The Bertz CT molecular complexity index is 640. The summed E-state index contributed by atoms with van der Waals surface area (Å²) in [5, 5.41) is 10.8. The highest BCUT2D eigenvalue weighted by atomic mass is 16.6. The molecule has 0 unspecified atom stereocenters. The third-order valence-corrected chi connectivity index (χ3v) is 3.83. The zero-order chi connectivity index (χ0) is 14.1. The van der Waals surface area contributed by atoms with Crippen molar-refractivity contribution in [3.8, 4) is 0 Å². The lowest BCUT2D eigenvalue weighted by Crippen LogP contribution is -2.28. The van der Waals surface area contributed by atoms with E-state index < -0.39 is 0 Å². The highest BCUT2D eigenvalue weighted by Crippen LogP contribution is 2.35. The van der Waals surface area contributed by atoms with Crippen molar-refractivity contribution in [3.63, 3.8) is 0 Å². The van der Waals surface area contributed by atoms with Crippen molar-refractivity contribution in [2.75, 3.05) is 4.90 Å². The first kappa shape index (κ1) is 12.7. The van der Waals surface area contributed by atoms with Gasteiger partial charge >= 0.3 is 0 Å². The quantitative estimate of drug-likeness (QED) is 0.631. The molecule has 102 valence electrons. The SMILES string of the molecule is C[C@@H]1Cc2cc([N+](=O)[O-])ccc2N1Cc1ccccc1. The van der Waals surface area contributed by atoms with Gasteiger partial charge in [-0.15, -0.1) is 0 Å². The molecule has 2 aromatic rings. The number of rotatable bonds is 3. The van der Waals surface area contributed by atoms with Gasteiger partial charge in [0, 0.05) is 30.4 Å². The predicted molar refractivity (Wildman–Crippen MR) is 78.9 cm³/mol. The van der Waals surface area contributed by atoms with Gasteiger partial charge in [-0.05, 0) is 30.5 Å². The van der Waals surface area contributed by atoms with Crippen LogP contribution in [0.25, 0.3) is 0 Å². The molecular formula is C16H16N2O2. The van der Waals surface area contributed by atoms with Crippen molar-refractivity contribution in [1.29, 1.82) is 0 Å². The van der Waals surface area contributed by atoms with Crippen LogP contribution in [0.1, 0.15) is 18.1 Å². The van der Waals surface area contributed by atoms with Crippen LogP contribution in [0, 0.1) is 10.1 Å². The monoisotopic (exact) mass is 268 g/mol. The van der Waals surface area contributed by atoms with Gasteiger partial charge in [0.15, 0.2) is 0 Å². The molecule has 0 aliphatic carbocycles. The first-order chi connectivity index (χ1) is 9.65. The minimum atomic E-state index is -0.329. The first-order valence-electron chi connectivity index (χ1n) is 6.73. The van der Waals surface area contributed by atoms with Crippen LogP contribution < -0.4 is 4.90 Å². The number of fused-ring (bicyclic) bond motifs is 1. The van der Waals surface area contributed by atoms with Crippen LogP contribution >= 0.6 is 0 Å². The van der Waals surface area contributed by atoms with Crippen molar-refractivity contribution < 1.29 is 4.92 Å². The third kappa shape index (κ3) is 2.25. The fourth-order valence-corrected chi connectivity index (χ4v) is 2.82. The average molecular weight is 268 g/mol. The lowest BCUT2D eigenvalue weighted by atomic mass is 10.1. The van der Waals surface area contributed by atoms with Gasteiger partial charge < -0.3 is 4.90 Å². The molecule has 1 aliphatic heterocycles. The van der Waals surface area contributed by atoms with E-state index in [9.17, 15) is 10.1 Å².